The Kier molecular flexibility index (Phi) is 7.99. The van der Waals surface area contributed by atoms with Crippen LogP contribution in [0.5, 0.6) is 0 Å². The number of halogens is 3. The first-order valence-electron chi connectivity index (χ1n) is 12.8. The minimum Gasteiger partial charge on any atom is -0.337 e. The lowest BCUT2D eigenvalue weighted by molar-refractivity contribution is -0.137. The van der Waals surface area contributed by atoms with Gasteiger partial charge in [-0.05, 0) is 66.4 Å². The molecule has 1 N–H and O–H groups in total. The van der Waals surface area contributed by atoms with Crippen molar-refractivity contribution < 1.29 is 26.4 Å². The Bertz CT molecular complexity index is 1570. The van der Waals surface area contributed by atoms with Crippen LogP contribution >= 0.6 is 0 Å². The molecule has 3 aromatic rings. The van der Waals surface area contributed by atoms with Gasteiger partial charge in [0.2, 0.25) is 0 Å². The maximum atomic E-state index is 13.3. The molecule has 0 atom stereocenters. The number of rotatable bonds is 8. The summed E-state index contributed by atoms with van der Waals surface area (Å²) in [4.78, 5) is 14.7. The number of allylic oxidation sites excluding steroid dienone is 2. The fourth-order valence-corrected chi connectivity index (χ4v) is 6.16. The summed E-state index contributed by atoms with van der Waals surface area (Å²) in [5.41, 5.74) is 2.00. The van der Waals surface area contributed by atoms with Crippen molar-refractivity contribution in [3.05, 3.63) is 107 Å². The summed E-state index contributed by atoms with van der Waals surface area (Å²) in [6.07, 6.45) is -0.245. The SMILES string of the molecule is C=C(CC)c1cccc(S(=O)(=O)Nc2ccc(C(=O)N3CC(C)(c4cccc(C(F)(F)F)c4)C3)cc2)c1C=CC. The summed E-state index contributed by atoms with van der Waals surface area (Å²) in [6, 6.07) is 16.3. The summed E-state index contributed by atoms with van der Waals surface area (Å²) in [6.45, 7) is 10.2. The van der Waals surface area contributed by atoms with E-state index in [0.717, 1.165) is 23.3 Å². The van der Waals surface area contributed by atoms with E-state index in [1.807, 2.05) is 26.8 Å². The van der Waals surface area contributed by atoms with Crippen LogP contribution in [0.3, 0.4) is 0 Å². The Morgan fingerprint density at radius 2 is 1.73 bits per heavy atom. The quantitative estimate of drug-likeness (QED) is 0.308. The van der Waals surface area contributed by atoms with Crippen LogP contribution in [0.1, 0.15) is 59.8 Å². The molecule has 0 radical (unpaired) electrons. The molecule has 0 bridgehead atoms. The minimum atomic E-state index is -4.43. The highest BCUT2D eigenvalue weighted by Gasteiger charge is 2.43. The molecular formula is C31H31F3N2O3S. The van der Waals surface area contributed by atoms with Crippen molar-refractivity contribution >= 4 is 33.3 Å². The number of benzene rings is 3. The highest BCUT2D eigenvalue weighted by atomic mass is 32.2. The van der Waals surface area contributed by atoms with E-state index in [9.17, 15) is 26.4 Å². The van der Waals surface area contributed by atoms with Crippen LogP contribution in [0.15, 0.2) is 84.3 Å². The van der Waals surface area contributed by atoms with Crippen molar-refractivity contribution in [2.24, 2.45) is 0 Å². The van der Waals surface area contributed by atoms with Crippen molar-refractivity contribution in [2.45, 2.75) is 43.7 Å². The molecule has 0 spiro atoms. The molecule has 1 aliphatic rings. The van der Waals surface area contributed by atoms with Gasteiger partial charge >= 0.3 is 6.18 Å². The third-order valence-corrected chi connectivity index (χ3v) is 8.57. The molecule has 0 unspecified atom stereocenters. The van der Waals surface area contributed by atoms with E-state index in [1.165, 1.54) is 36.4 Å². The lowest BCUT2D eigenvalue weighted by atomic mass is 9.75. The monoisotopic (exact) mass is 568 g/mol. The number of nitrogens with one attached hydrogen (secondary N) is 1. The van der Waals surface area contributed by atoms with Gasteiger partial charge in [0.1, 0.15) is 0 Å². The third-order valence-electron chi connectivity index (χ3n) is 7.13. The number of carbonyl (C=O) groups excluding carboxylic acids is 1. The molecule has 4 rings (SSSR count). The van der Waals surface area contributed by atoms with Gasteiger partial charge in [0.25, 0.3) is 15.9 Å². The second-order valence-corrected chi connectivity index (χ2v) is 11.8. The Balaban J connectivity index is 1.48. The lowest BCUT2D eigenvalue weighted by Crippen LogP contribution is -2.59. The van der Waals surface area contributed by atoms with Crippen molar-refractivity contribution in [3.8, 4) is 0 Å². The summed E-state index contributed by atoms with van der Waals surface area (Å²) in [5, 5.41) is 0. The third kappa shape index (κ3) is 5.84. The van der Waals surface area contributed by atoms with Crippen LogP contribution in [0.4, 0.5) is 18.9 Å². The fourth-order valence-electron chi connectivity index (χ4n) is 4.88. The summed E-state index contributed by atoms with van der Waals surface area (Å²) in [5.74, 6) is -0.278. The Morgan fingerprint density at radius 3 is 2.33 bits per heavy atom. The van der Waals surface area contributed by atoms with E-state index in [2.05, 4.69) is 11.3 Å². The first-order chi connectivity index (χ1) is 18.8. The molecule has 0 aromatic heterocycles. The van der Waals surface area contributed by atoms with Gasteiger partial charge in [0, 0.05) is 35.3 Å². The van der Waals surface area contributed by atoms with Gasteiger partial charge in [0.15, 0.2) is 0 Å². The first kappa shape index (κ1) is 29.1. The van der Waals surface area contributed by atoms with Crippen molar-refractivity contribution in [1.29, 1.82) is 0 Å². The summed E-state index contributed by atoms with van der Waals surface area (Å²) >= 11 is 0. The number of likely N-dealkylation sites (tertiary alicyclic amines) is 1. The normalized spacial score (nSPS) is 15.1. The molecule has 3 aromatic carbocycles. The molecule has 0 saturated carbocycles. The molecular weight excluding hydrogens is 537 g/mol. The predicted octanol–water partition coefficient (Wildman–Crippen LogP) is 7.38. The highest BCUT2D eigenvalue weighted by Crippen LogP contribution is 2.38. The van der Waals surface area contributed by atoms with Gasteiger partial charge < -0.3 is 4.90 Å². The van der Waals surface area contributed by atoms with E-state index in [0.29, 0.717) is 28.8 Å². The standard InChI is InChI=1S/C31H31F3N2O3S/c1-5-9-27-26(21(3)6-2)12-8-13-28(27)40(38,39)35-25-16-14-22(15-17-25)29(37)36-19-30(4,20-36)23-10-7-11-24(18-23)31(32,33)34/h5,7-18,35H,3,6,19-20H2,1-2,4H3. The van der Waals surface area contributed by atoms with Gasteiger partial charge in [-0.25, -0.2) is 8.42 Å². The largest absolute Gasteiger partial charge is 0.416 e. The number of anilines is 1. The molecule has 1 fully saturated rings. The Morgan fingerprint density at radius 1 is 1.07 bits per heavy atom. The highest BCUT2D eigenvalue weighted by molar-refractivity contribution is 7.92. The molecule has 1 heterocycles. The number of hydrogen-bond donors (Lipinski definition) is 1. The van der Waals surface area contributed by atoms with E-state index in [4.69, 9.17) is 0 Å². The van der Waals surface area contributed by atoms with Crippen molar-refractivity contribution in [1.82, 2.24) is 4.90 Å². The second kappa shape index (κ2) is 11.0. The maximum Gasteiger partial charge on any atom is 0.416 e. The minimum absolute atomic E-state index is 0.118. The fraction of sp³-hybridized carbons (Fsp3) is 0.258. The molecule has 1 saturated heterocycles. The summed E-state index contributed by atoms with van der Waals surface area (Å²) in [7, 11) is -3.95. The topological polar surface area (TPSA) is 66.5 Å². The van der Waals surface area contributed by atoms with Crippen LogP contribution in [0, 0.1) is 0 Å². The van der Waals surface area contributed by atoms with E-state index < -0.39 is 27.2 Å². The van der Waals surface area contributed by atoms with E-state index in [1.54, 1.807) is 29.2 Å². The zero-order valence-electron chi connectivity index (χ0n) is 22.5. The number of sulfonamides is 1. The van der Waals surface area contributed by atoms with Crippen molar-refractivity contribution in [3.63, 3.8) is 0 Å². The van der Waals surface area contributed by atoms with Gasteiger partial charge in [0.05, 0.1) is 10.5 Å². The number of nitrogens with zero attached hydrogens (tertiary/aromatic N) is 1. The molecule has 5 nitrogen and oxygen atoms in total. The molecule has 9 heteroatoms. The number of hydrogen-bond acceptors (Lipinski definition) is 3. The Labute approximate surface area is 233 Å². The molecule has 1 amide bonds. The van der Waals surface area contributed by atoms with Crippen LogP contribution < -0.4 is 4.72 Å². The first-order valence-corrected chi connectivity index (χ1v) is 14.3. The summed E-state index contributed by atoms with van der Waals surface area (Å²) < 4.78 is 68.6. The van der Waals surface area contributed by atoms with Crippen LogP contribution in [0.25, 0.3) is 11.6 Å². The van der Waals surface area contributed by atoms with Crippen LogP contribution in [-0.4, -0.2) is 32.3 Å². The molecule has 1 aliphatic heterocycles. The van der Waals surface area contributed by atoms with E-state index in [-0.39, 0.29) is 23.9 Å². The smallest absolute Gasteiger partial charge is 0.337 e. The van der Waals surface area contributed by atoms with Crippen LogP contribution in [-0.2, 0) is 21.6 Å². The lowest BCUT2D eigenvalue weighted by Gasteiger charge is -2.48. The van der Waals surface area contributed by atoms with Crippen LogP contribution in [0.2, 0.25) is 0 Å². The van der Waals surface area contributed by atoms with Crippen molar-refractivity contribution in [2.75, 3.05) is 17.8 Å². The molecule has 0 aliphatic carbocycles. The van der Waals surface area contributed by atoms with Gasteiger partial charge in [-0.15, -0.1) is 0 Å². The Hall–Kier alpha value is -3.85. The van der Waals surface area contributed by atoms with Gasteiger partial charge in [-0.3, -0.25) is 9.52 Å². The number of alkyl halides is 3. The predicted molar refractivity (Wildman–Crippen MR) is 152 cm³/mol. The van der Waals surface area contributed by atoms with E-state index >= 15 is 0 Å². The number of amides is 1. The average molecular weight is 569 g/mol. The number of carbonyl (C=O) groups is 1. The van der Waals surface area contributed by atoms with Gasteiger partial charge in [-0.2, -0.15) is 13.2 Å². The second-order valence-electron chi connectivity index (χ2n) is 10.2. The zero-order chi connectivity index (χ0) is 29.3. The average Bonchev–Trinajstić information content (AvgIpc) is 2.90. The van der Waals surface area contributed by atoms with Gasteiger partial charge in [-0.1, -0.05) is 62.9 Å². The maximum absolute atomic E-state index is 13.3. The molecule has 210 valence electrons. The zero-order valence-corrected chi connectivity index (χ0v) is 23.4. The molecule has 40 heavy (non-hydrogen) atoms.